The molecule has 13 heteroatoms. The van der Waals surface area contributed by atoms with E-state index in [2.05, 4.69) is 10.3 Å². The monoisotopic (exact) mass is 404 g/mol. The van der Waals surface area contributed by atoms with Crippen molar-refractivity contribution in [3.63, 3.8) is 0 Å². The summed E-state index contributed by atoms with van der Waals surface area (Å²) in [5.41, 5.74) is 6.09. The number of aldehydes is 1. The van der Waals surface area contributed by atoms with Gasteiger partial charge in [0.05, 0.1) is 38.1 Å². The highest BCUT2D eigenvalue weighted by molar-refractivity contribution is 5.73. The van der Waals surface area contributed by atoms with Crippen LogP contribution in [0.1, 0.15) is 5.69 Å². The summed E-state index contributed by atoms with van der Waals surface area (Å²) in [5.74, 6) is -1.48. The molecule has 6 N–H and O–H groups in total. The van der Waals surface area contributed by atoms with Crippen molar-refractivity contribution < 1.29 is 44.2 Å². The Morgan fingerprint density at radius 1 is 1.29 bits per heavy atom. The largest absolute Gasteiger partial charge is 0.479 e. The number of rotatable bonds is 11. The summed E-state index contributed by atoms with van der Waals surface area (Å²) in [7, 11) is 0. The number of carboxylic acids is 1. The fraction of sp³-hybridized carbons (Fsp3) is 0.733. The van der Waals surface area contributed by atoms with Gasteiger partial charge in [-0.2, -0.15) is 0 Å². The van der Waals surface area contributed by atoms with Gasteiger partial charge in [0.1, 0.15) is 24.6 Å². The lowest BCUT2D eigenvalue weighted by molar-refractivity contribution is -0.295. The second-order valence-corrected chi connectivity index (χ2v) is 6.20. The predicted octanol–water partition coefficient (Wildman–Crippen LogP) is -3.73. The highest BCUT2D eigenvalue weighted by Crippen LogP contribution is 2.22. The number of aliphatic hydroxyl groups excluding tert-OH is 3. The van der Waals surface area contributed by atoms with Gasteiger partial charge in [0.25, 0.3) is 0 Å². The summed E-state index contributed by atoms with van der Waals surface area (Å²) < 4.78 is 17.0. The van der Waals surface area contributed by atoms with Crippen LogP contribution in [0.15, 0.2) is 6.20 Å². The highest BCUT2D eigenvalue weighted by Gasteiger charge is 2.47. The van der Waals surface area contributed by atoms with Crippen LogP contribution in [0.4, 0.5) is 0 Å². The third-order valence-electron chi connectivity index (χ3n) is 3.99. The minimum absolute atomic E-state index is 0.0479. The molecule has 0 amide bonds. The number of aliphatic carboxylic acids is 1. The lowest BCUT2D eigenvalue weighted by Crippen LogP contribution is -2.60. The van der Waals surface area contributed by atoms with Gasteiger partial charge in [0.15, 0.2) is 12.4 Å². The van der Waals surface area contributed by atoms with E-state index < -0.39 is 42.7 Å². The Hall–Kier alpha value is -2.00. The maximum Gasteiger partial charge on any atom is 0.335 e. The zero-order valence-electron chi connectivity index (χ0n) is 14.9. The molecule has 2 rings (SSSR count). The van der Waals surface area contributed by atoms with Gasteiger partial charge in [0, 0.05) is 12.6 Å². The standard InChI is InChI=1S/C15H24N4O9/c16-8(7-20)5-9-6-19(18-17-9)1-2-26-3-4-27-15-12(23)10(21)11(22)13(28-15)14(24)25/h6-8,10-13,15,21-23H,1-5,16H2,(H,24,25)/t8-,10-,11?,12-,13?,15?/m0/s1. The van der Waals surface area contributed by atoms with Gasteiger partial charge < -0.3 is 45.2 Å². The highest BCUT2D eigenvalue weighted by atomic mass is 16.7. The van der Waals surface area contributed by atoms with Crippen LogP contribution >= 0.6 is 0 Å². The molecule has 0 aromatic carbocycles. The molecule has 0 aliphatic carbocycles. The summed E-state index contributed by atoms with van der Waals surface area (Å²) in [6.45, 7) is 0.700. The zero-order chi connectivity index (χ0) is 20.7. The molecule has 0 saturated carbocycles. The minimum Gasteiger partial charge on any atom is -0.479 e. The molecule has 6 atom stereocenters. The summed E-state index contributed by atoms with van der Waals surface area (Å²) in [6.07, 6.45) is -5.63. The molecule has 158 valence electrons. The van der Waals surface area contributed by atoms with E-state index >= 15 is 0 Å². The fourth-order valence-corrected chi connectivity index (χ4v) is 2.50. The smallest absolute Gasteiger partial charge is 0.335 e. The molecule has 28 heavy (non-hydrogen) atoms. The second-order valence-electron chi connectivity index (χ2n) is 6.20. The van der Waals surface area contributed by atoms with Gasteiger partial charge in [-0.3, -0.25) is 0 Å². The lowest BCUT2D eigenvalue weighted by Gasteiger charge is -2.38. The number of carbonyl (C=O) groups excluding carboxylic acids is 1. The van der Waals surface area contributed by atoms with Crippen molar-refractivity contribution >= 4 is 12.3 Å². The number of hydrogen-bond donors (Lipinski definition) is 5. The summed E-state index contributed by atoms with van der Waals surface area (Å²) in [5, 5.41) is 45.8. The average molecular weight is 404 g/mol. The number of hydrogen-bond acceptors (Lipinski definition) is 11. The molecule has 1 aromatic rings. The van der Waals surface area contributed by atoms with E-state index in [1.165, 1.54) is 4.68 Å². The van der Waals surface area contributed by atoms with Crippen molar-refractivity contribution in [2.75, 3.05) is 19.8 Å². The molecular formula is C15H24N4O9. The number of nitrogens with zero attached hydrogens (tertiary/aromatic N) is 3. The maximum atomic E-state index is 11.0. The third kappa shape index (κ3) is 6.00. The third-order valence-corrected chi connectivity index (χ3v) is 3.99. The molecule has 3 unspecified atom stereocenters. The topological polar surface area (TPSA) is 199 Å². The quantitative estimate of drug-likeness (QED) is 0.179. The predicted molar refractivity (Wildman–Crippen MR) is 88.9 cm³/mol. The van der Waals surface area contributed by atoms with Crippen LogP contribution in [-0.4, -0.2) is 104 Å². The van der Waals surface area contributed by atoms with Crippen LogP contribution in [0.5, 0.6) is 0 Å². The van der Waals surface area contributed by atoms with Crippen molar-refractivity contribution in [2.45, 2.75) is 49.7 Å². The average Bonchev–Trinajstić information content (AvgIpc) is 3.10. The van der Waals surface area contributed by atoms with E-state index in [-0.39, 0.29) is 19.8 Å². The Morgan fingerprint density at radius 3 is 2.71 bits per heavy atom. The van der Waals surface area contributed by atoms with Gasteiger partial charge in [-0.05, 0) is 0 Å². The normalized spacial score (nSPS) is 28.8. The van der Waals surface area contributed by atoms with E-state index in [9.17, 15) is 24.9 Å². The van der Waals surface area contributed by atoms with Gasteiger partial charge in [0.2, 0.25) is 0 Å². The van der Waals surface area contributed by atoms with Gasteiger partial charge >= 0.3 is 5.97 Å². The van der Waals surface area contributed by atoms with Crippen molar-refractivity contribution in [1.29, 1.82) is 0 Å². The molecule has 0 radical (unpaired) electrons. The first-order valence-electron chi connectivity index (χ1n) is 8.55. The Bertz CT molecular complexity index is 643. The van der Waals surface area contributed by atoms with E-state index in [4.69, 9.17) is 25.1 Å². The Labute approximate surface area is 159 Å². The van der Waals surface area contributed by atoms with Crippen molar-refractivity contribution in [1.82, 2.24) is 15.0 Å². The Morgan fingerprint density at radius 2 is 2.04 bits per heavy atom. The van der Waals surface area contributed by atoms with E-state index in [1.807, 2.05) is 0 Å². The van der Waals surface area contributed by atoms with Crippen LogP contribution in [0.3, 0.4) is 0 Å². The zero-order valence-corrected chi connectivity index (χ0v) is 14.9. The second kappa shape index (κ2) is 10.5. The molecule has 0 bridgehead atoms. The number of aromatic nitrogens is 3. The van der Waals surface area contributed by atoms with E-state index in [1.54, 1.807) is 6.20 Å². The first-order chi connectivity index (χ1) is 13.3. The summed E-state index contributed by atoms with van der Waals surface area (Å²) in [4.78, 5) is 21.5. The van der Waals surface area contributed by atoms with Crippen molar-refractivity contribution in [3.05, 3.63) is 11.9 Å². The molecule has 0 spiro atoms. The van der Waals surface area contributed by atoms with Crippen LogP contribution in [0, 0.1) is 0 Å². The molecular weight excluding hydrogens is 380 g/mol. The number of carboxylic acid groups (broad SMARTS) is 1. The minimum atomic E-state index is -1.77. The Balaban J connectivity index is 1.66. The summed E-state index contributed by atoms with van der Waals surface area (Å²) >= 11 is 0. The molecule has 1 aliphatic heterocycles. The van der Waals surface area contributed by atoms with Gasteiger partial charge in [-0.1, -0.05) is 5.21 Å². The van der Waals surface area contributed by atoms with Gasteiger partial charge in [-0.15, -0.1) is 5.10 Å². The van der Waals surface area contributed by atoms with E-state index in [0.29, 0.717) is 24.9 Å². The fourth-order valence-electron chi connectivity index (χ4n) is 2.50. The van der Waals surface area contributed by atoms with Crippen LogP contribution in [0.25, 0.3) is 0 Å². The first kappa shape index (κ1) is 22.3. The number of nitrogens with two attached hydrogens (primary N) is 1. The van der Waals surface area contributed by atoms with Gasteiger partial charge in [-0.25, -0.2) is 9.48 Å². The lowest BCUT2D eigenvalue weighted by atomic mass is 9.99. The number of carbonyl (C=O) groups is 2. The summed E-state index contributed by atoms with van der Waals surface area (Å²) in [6, 6.07) is -0.628. The molecule has 1 aliphatic rings. The Kier molecular flexibility index (Phi) is 8.37. The number of ether oxygens (including phenoxy) is 3. The van der Waals surface area contributed by atoms with Crippen LogP contribution in [-0.2, 0) is 36.8 Å². The number of aliphatic hydroxyl groups is 3. The van der Waals surface area contributed by atoms with Crippen molar-refractivity contribution in [2.24, 2.45) is 5.73 Å². The molecule has 13 nitrogen and oxygen atoms in total. The maximum absolute atomic E-state index is 11.0. The van der Waals surface area contributed by atoms with Crippen LogP contribution in [0.2, 0.25) is 0 Å². The molecule has 1 saturated heterocycles. The van der Waals surface area contributed by atoms with Crippen LogP contribution < -0.4 is 5.73 Å². The SMILES string of the molecule is N[C@H](C=O)Cc1cn(CCOCCOC2OC(C(=O)O)C(O)[C@H](O)[C@@H]2O)nn1. The van der Waals surface area contributed by atoms with Crippen molar-refractivity contribution in [3.8, 4) is 0 Å². The first-order valence-corrected chi connectivity index (χ1v) is 8.55. The molecule has 1 aromatic heterocycles. The van der Waals surface area contributed by atoms with E-state index in [0.717, 1.165) is 0 Å². The molecule has 1 fully saturated rings. The molecule has 2 heterocycles.